The normalized spacial score (nSPS) is 23.9. The van der Waals surface area contributed by atoms with Gasteiger partial charge in [0.25, 0.3) is 0 Å². The van der Waals surface area contributed by atoms with Gasteiger partial charge in [0, 0.05) is 41.6 Å². The molecule has 17 heavy (non-hydrogen) atoms. The maximum absolute atomic E-state index is 3.62. The summed E-state index contributed by atoms with van der Waals surface area (Å²) in [7, 11) is 0. The van der Waals surface area contributed by atoms with Crippen molar-refractivity contribution < 1.29 is 0 Å². The Morgan fingerprint density at radius 1 is 1.29 bits per heavy atom. The van der Waals surface area contributed by atoms with Crippen LogP contribution in [0.25, 0.3) is 0 Å². The Morgan fingerprint density at radius 2 is 2.00 bits per heavy atom. The zero-order chi connectivity index (χ0) is 11.8. The number of rotatable bonds is 3. The first-order chi connectivity index (χ1) is 8.25. The van der Waals surface area contributed by atoms with Crippen LogP contribution in [-0.4, -0.2) is 31.1 Å². The zero-order valence-corrected chi connectivity index (χ0v) is 13.6. The van der Waals surface area contributed by atoms with Crippen LogP contribution in [0.1, 0.15) is 23.8 Å². The van der Waals surface area contributed by atoms with E-state index in [4.69, 9.17) is 0 Å². The molecule has 0 amide bonds. The smallest absolute Gasteiger partial charge is 0.0843 e. The number of halogens is 2. The third kappa shape index (κ3) is 2.78. The molecule has 0 aromatic carbocycles. The lowest BCUT2D eigenvalue weighted by Crippen LogP contribution is -2.45. The number of nitrogens with one attached hydrogen (secondary N) is 1. The summed E-state index contributed by atoms with van der Waals surface area (Å²) in [6.45, 7) is 4.65. The first kappa shape index (κ1) is 12.6. The Balaban J connectivity index is 1.83. The molecule has 1 saturated heterocycles. The van der Waals surface area contributed by atoms with Crippen molar-refractivity contribution in [2.75, 3.05) is 26.2 Å². The SMILES string of the molecule is Brc1cc([C@H](C2CC2)N2CCNCC2)sc1Br. The molecular formula is C12H16Br2N2S. The molecule has 94 valence electrons. The third-order valence-corrected chi connectivity index (χ3v) is 6.90. The van der Waals surface area contributed by atoms with E-state index in [1.54, 1.807) is 0 Å². The molecular weight excluding hydrogens is 364 g/mol. The van der Waals surface area contributed by atoms with Gasteiger partial charge in [-0.05, 0) is 56.7 Å². The van der Waals surface area contributed by atoms with Gasteiger partial charge in [-0.2, -0.15) is 0 Å². The van der Waals surface area contributed by atoms with Crippen molar-refractivity contribution in [1.29, 1.82) is 0 Å². The van der Waals surface area contributed by atoms with Gasteiger partial charge in [0.2, 0.25) is 0 Å². The Hall–Kier alpha value is 0.580. The van der Waals surface area contributed by atoms with Crippen LogP contribution >= 0.6 is 43.2 Å². The van der Waals surface area contributed by atoms with Crippen molar-refractivity contribution in [3.8, 4) is 0 Å². The summed E-state index contributed by atoms with van der Waals surface area (Å²) in [6, 6.07) is 2.96. The molecule has 1 atom stereocenters. The number of hydrogen-bond donors (Lipinski definition) is 1. The predicted octanol–water partition coefficient (Wildman–Crippen LogP) is 3.63. The predicted molar refractivity (Wildman–Crippen MR) is 79.6 cm³/mol. The minimum atomic E-state index is 0.657. The van der Waals surface area contributed by atoms with E-state index in [1.807, 2.05) is 11.3 Å². The van der Waals surface area contributed by atoms with E-state index >= 15 is 0 Å². The highest BCUT2D eigenvalue weighted by Crippen LogP contribution is 2.48. The van der Waals surface area contributed by atoms with Gasteiger partial charge >= 0.3 is 0 Å². The molecule has 3 rings (SSSR count). The summed E-state index contributed by atoms with van der Waals surface area (Å²) in [5, 5.41) is 3.44. The Labute approximate surface area is 123 Å². The fourth-order valence-corrected chi connectivity index (χ4v) is 4.91. The molecule has 0 radical (unpaired) electrons. The molecule has 0 bridgehead atoms. The van der Waals surface area contributed by atoms with Crippen LogP contribution in [0.2, 0.25) is 0 Å². The average Bonchev–Trinajstić information content (AvgIpc) is 3.09. The quantitative estimate of drug-likeness (QED) is 0.862. The molecule has 1 aliphatic heterocycles. The zero-order valence-electron chi connectivity index (χ0n) is 9.59. The number of thiophene rings is 1. The van der Waals surface area contributed by atoms with Crippen molar-refractivity contribution in [2.24, 2.45) is 5.92 Å². The van der Waals surface area contributed by atoms with Crippen molar-refractivity contribution >= 4 is 43.2 Å². The highest BCUT2D eigenvalue weighted by Gasteiger charge is 2.37. The molecule has 5 heteroatoms. The van der Waals surface area contributed by atoms with Crippen LogP contribution in [0.3, 0.4) is 0 Å². The molecule has 1 N–H and O–H groups in total. The van der Waals surface area contributed by atoms with Gasteiger partial charge in [-0.1, -0.05) is 0 Å². The molecule has 1 aromatic heterocycles. The van der Waals surface area contributed by atoms with E-state index in [0.717, 1.165) is 19.0 Å². The van der Waals surface area contributed by atoms with Crippen LogP contribution in [-0.2, 0) is 0 Å². The second kappa shape index (κ2) is 5.29. The first-order valence-electron chi connectivity index (χ1n) is 6.15. The molecule has 2 heterocycles. The maximum atomic E-state index is 3.62. The fourth-order valence-electron chi connectivity index (χ4n) is 2.59. The summed E-state index contributed by atoms with van der Waals surface area (Å²) in [5.74, 6) is 0.894. The van der Waals surface area contributed by atoms with E-state index in [2.05, 4.69) is 48.1 Å². The van der Waals surface area contributed by atoms with E-state index in [1.165, 1.54) is 39.1 Å². The van der Waals surface area contributed by atoms with Crippen molar-refractivity contribution in [3.63, 3.8) is 0 Å². The van der Waals surface area contributed by atoms with Gasteiger partial charge in [0.1, 0.15) is 0 Å². The van der Waals surface area contributed by atoms with Crippen LogP contribution in [0.4, 0.5) is 0 Å². The van der Waals surface area contributed by atoms with E-state index in [-0.39, 0.29) is 0 Å². The minimum absolute atomic E-state index is 0.657. The molecule has 1 aromatic rings. The molecule has 2 aliphatic rings. The van der Waals surface area contributed by atoms with Crippen LogP contribution < -0.4 is 5.32 Å². The molecule has 1 aliphatic carbocycles. The van der Waals surface area contributed by atoms with Gasteiger partial charge in [-0.3, -0.25) is 4.90 Å². The number of piperazine rings is 1. The summed E-state index contributed by atoms with van der Waals surface area (Å²) in [5.41, 5.74) is 0. The van der Waals surface area contributed by atoms with Crippen molar-refractivity contribution in [2.45, 2.75) is 18.9 Å². The van der Waals surface area contributed by atoms with Crippen molar-refractivity contribution in [3.05, 3.63) is 19.2 Å². The molecule has 2 fully saturated rings. The lowest BCUT2D eigenvalue weighted by Gasteiger charge is -2.34. The lowest BCUT2D eigenvalue weighted by molar-refractivity contribution is 0.158. The summed E-state index contributed by atoms with van der Waals surface area (Å²) in [4.78, 5) is 4.19. The number of nitrogens with zero attached hydrogens (tertiary/aromatic N) is 1. The lowest BCUT2D eigenvalue weighted by atomic mass is 10.1. The van der Waals surface area contributed by atoms with E-state index in [0.29, 0.717) is 6.04 Å². The second-order valence-corrected chi connectivity index (χ2v) is 8.09. The second-order valence-electron chi connectivity index (χ2n) is 4.84. The van der Waals surface area contributed by atoms with Gasteiger partial charge in [-0.25, -0.2) is 0 Å². The largest absolute Gasteiger partial charge is 0.314 e. The summed E-state index contributed by atoms with van der Waals surface area (Å²) >= 11 is 9.12. The monoisotopic (exact) mass is 378 g/mol. The highest BCUT2D eigenvalue weighted by atomic mass is 79.9. The van der Waals surface area contributed by atoms with Gasteiger partial charge in [-0.15, -0.1) is 11.3 Å². The van der Waals surface area contributed by atoms with Crippen molar-refractivity contribution in [1.82, 2.24) is 10.2 Å². The Morgan fingerprint density at radius 3 is 2.53 bits per heavy atom. The van der Waals surface area contributed by atoms with Crippen LogP contribution in [0.5, 0.6) is 0 Å². The van der Waals surface area contributed by atoms with Gasteiger partial charge in [0.05, 0.1) is 3.79 Å². The first-order valence-corrected chi connectivity index (χ1v) is 8.55. The topological polar surface area (TPSA) is 15.3 Å². The molecule has 1 saturated carbocycles. The molecule has 0 spiro atoms. The Kier molecular flexibility index (Phi) is 3.92. The standard InChI is InChI=1S/C12H16Br2N2S/c13-9-7-10(17-12(9)14)11(8-1-2-8)16-5-3-15-4-6-16/h7-8,11,15H,1-6H2/t11-/m0/s1. The maximum Gasteiger partial charge on any atom is 0.0843 e. The fraction of sp³-hybridized carbons (Fsp3) is 0.667. The third-order valence-electron chi connectivity index (χ3n) is 3.57. The van der Waals surface area contributed by atoms with Crippen LogP contribution in [0.15, 0.2) is 14.3 Å². The molecule has 2 nitrogen and oxygen atoms in total. The van der Waals surface area contributed by atoms with Crippen LogP contribution in [0, 0.1) is 5.92 Å². The minimum Gasteiger partial charge on any atom is -0.314 e. The summed E-state index contributed by atoms with van der Waals surface area (Å²) < 4.78 is 2.44. The average molecular weight is 380 g/mol. The van der Waals surface area contributed by atoms with E-state index < -0.39 is 0 Å². The van der Waals surface area contributed by atoms with Gasteiger partial charge in [0.15, 0.2) is 0 Å². The Bertz CT molecular complexity index is 378. The molecule has 0 unspecified atom stereocenters. The van der Waals surface area contributed by atoms with E-state index in [9.17, 15) is 0 Å². The van der Waals surface area contributed by atoms with Gasteiger partial charge < -0.3 is 5.32 Å². The number of hydrogen-bond acceptors (Lipinski definition) is 3. The summed E-state index contributed by atoms with van der Waals surface area (Å²) in [6.07, 6.45) is 2.81. The highest BCUT2D eigenvalue weighted by molar-refractivity contribution is 9.13.